The Labute approximate surface area is 160 Å². The molecule has 0 amide bonds. The van der Waals surface area contributed by atoms with Crippen molar-refractivity contribution in [3.05, 3.63) is 69.7 Å². The van der Waals surface area contributed by atoms with Crippen LogP contribution in [0.5, 0.6) is 0 Å². The van der Waals surface area contributed by atoms with E-state index in [1.165, 1.54) is 53.6 Å². The van der Waals surface area contributed by atoms with Gasteiger partial charge in [-0.15, -0.1) is 0 Å². The van der Waals surface area contributed by atoms with Crippen LogP contribution in [0.15, 0.2) is 53.0 Å². The molecule has 0 N–H and O–H groups in total. The molecule has 0 aromatic heterocycles. The second-order valence-electron chi connectivity index (χ2n) is 7.81. The van der Waals surface area contributed by atoms with Gasteiger partial charge in [0.1, 0.15) is 0 Å². The minimum Gasteiger partial charge on any atom is -0.297 e. The predicted octanol–water partition coefficient (Wildman–Crippen LogP) is 4.72. The molecule has 4 rings (SSSR count). The van der Waals surface area contributed by atoms with Crippen molar-refractivity contribution in [1.82, 2.24) is 9.80 Å². The number of rotatable bonds is 3. The van der Waals surface area contributed by atoms with Crippen LogP contribution in [0.1, 0.15) is 30.0 Å². The van der Waals surface area contributed by atoms with E-state index >= 15 is 0 Å². The highest BCUT2D eigenvalue weighted by Crippen LogP contribution is 2.28. The lowest BCUT2D eigenvalue weighted by Crippen LogP contribution is -2.51. The first-order chi connectivity index (χ1) is 12.2. The van der Waals surface area contributed by atoms with Gasteiger partial charge in [-0.2, -0.15) is 0 Å². The highest BCUT2D eigenvalue weighted by Gasteiger charge is 2.30. The summed E-state index contributed by atoms with van der Waals surface area (Å²) in [5.41, 5.74) is 4.47. The summed E-state index contributed by atoms with van der Waals surface area (Å²) < 4.78 is 1.21. The Morgan fingerprint density at radius 2 is 1.88 bits per heavy atom. The number of nitrogens with zero attached hydrogens (tertiary/aromatic N) is 2. The van der Waals surface area contributed by atoms with Gasteiger partial charge in [0.25, 0.3) is 0 Å². The summed E-state index contributed by atoms with van der Waals surface area (Å²) in [4.78, 5) is 5.38. The van der Waals surface area contributed by atoms with Crippen LogP contribution in [-0.4, -0.2) is 35.5 Å². The third-order valence-electron chi connectivity index (χ3n) is 5.69. The first-order valence-electron chi connectivity index (χ1n) is 9.45. The molecule has 1 saturated heterocycles. The molecule has 0 bridgehead atoms. The van der Waals surface area contributed by atoms with Gasteiger partial charge in [0.2, 0.25) is 0 Å². The Morgan fingerprint density at radius 1 is 1.04 bits per heavy atom. The highest BCUT2D eigenvalue weighted by atomic mass is 79.9. The first-order valence-corrected chi connectivity index (χ1v) is 10.2. The van der Waals surface area contributed by atoms with Crippen molar-refractivity contribution in [2.75, 3.05) is 19.6 Å². The highest BCUT2D eigenvalue weighted by molar-refractivity contribution is 9.10. The standard InChI is InChI=1S/C22H27BrN2/c1-17-11-22(16-24(13-17)14-18-5-3-2-4-6-18)25-10-9-19-12-21(23)8-7-20(19)15-25/h2-8,12,17,22H,9-11,13-16H2,1H3/t17-,22+/m0/s1. The lowest BCUT2D eigenvalue weighted by atomic mass is 9.91. The van der Waals surface area contributed by atoms with Crippen molar-refractivity contribution in [2.24, 2.45) is 5.92 Å². The lowest BCUT2D eigenvalue weighted by Gasteiger charge is -2.43. The maximum absolute atomic E-state index is 3.61. The second-order valence-corrected chi connectivity index (χ2v) is 8.72. The molecule has 2 atom stereocenters. The molecular weight excluding hydrogens is 372 g/mol. The third kappa shape index (κ3) is 4.16. The Balaban J connectivity index is 1.44. The van der Waals surface area contributed by atoms with Crippen molar-refractivity contribution in [3.8, 4) is 0 Å². The normalized spacial score (nSPS) is 24.9. The van der Waals surface area contributed by atoms with Gasteiger partial charge >= 0.3 is 0 Å². The van der Waals surface area contributed by atoms with E-state index in [1.807, 2.05) is 0 Å². The number of hydrogen-bond donors (Lipinski definition) is 0. The molecular formula is C22H27BrN2. The number of benzene rings is 2. The molecule has 0 saturated carbocycles. The molecule has 2 nitrogen and oxygen atoms in total. The van der Waals surface area contributed by atoms with Gasteiger partial charge in [-0.25, -0.2) is 0 Å². The summed E-state index contributed by atoms with van der Waals surface area (Å²) in [6.07, 6.45) is 2.51. The SMILES string of the molecule is C[C@H]1C[C@@H](N2CCc3cc(Br)ccc3C2)CN(Cc2ccccc2)C1. The summed E-state index contributed by atoms with van der Waals surface area (Å²) in [5, 5.41) is 0. The van der Waals surface area contributed by atoms with Crippen LogP contribution in [0.2, 0.25) is 0 Å². The van der Waals surface area contributed by atoms with Gasteiger partial charge in [0, 0.05) is 43.2 Å². The molecule has 2 heterocycles. The summed E-state index contributed by atoms with van der Waals surface area (Å²) in [7, 11) is 0. The van der Waals surface area contributed by atoms with Crippen molar-refractivity contribution in [2.45, 2.75) is 38.9 Å². The van der Waals surface area contributed by atoms with Crippen LogP contribution in [0.25, 0.3) is 0 Å². The molecule has 25 heavy (non-hydrogen) atoms. The third-order valence-corrected chi connectivity index (χ3v) is 6.18. The minimum atomic E-state index is 0.684. The van der Waals surface area contributed by atoms with Gasteiger partial charge in [-0.05, 0) is 47.6 Å². The maximum atomic E-state index is 3.61. The molecule has 2 aromatic carbocycles. The fourth-order valence-corrected chi connectivity index (χ4v) is 4.93. The fourth-order valence-electron chi connectivity index (χ4n) is 4.52. The van der Waals surface area contributed by atoms with Crippen LogP contribution in [0.3, 0.4) is 0 Å². The topological polar surface area (TPSA) is 6.48 Å². The van der Waals surface area contributed by atoms with Crippen LogP contribution in [0, 0.1) is 5.92 Å². The zero-order valence-corrected chi connectivity index (χ0v) is 16.6. The Hall–Kier alpha value is -1.16. The van der Waals surface area contributed by atoms with Crippen LogP contribution >= 0.6 is 15.9 Å². The second kappa shape index (κ2) is 7.61. The Bertz CT molecular complexity index is 715. The molecule has 0 aliphatic carbocycles. The molecule has 132 valence electrons. The number of piperidine rings is 1. The van der Waals surface area contributed by atoms with E-state index in [1.54, 1.807) is 0 Å². The molecule has 3 heteroatoms. The average molecular weight is 399 g/mol. The van der Waals surface area contributed by atoms with Gasteiger partial charge in [-0.1, -0.05) is 59.3 Å². The maximum Gasteiger partial charge on any atom is 0.0240 e. The van der Waals surface area contributed by atoms with Crippen LogP contribution < -0.4 is 0 Å². The van der Waals surface area contributed by atoms with Gasteiger partial charge < -0.3 is 0 Å². The predicted molar refractivity (Wildman–Crippen MR) is 108 cm³/mol. The van der Waals surface area contributed by atoms with E-state index in [4.69, 9.17) is 0 Å². The first kappa shape index (κ1) is 17.3. The summed E-state index contributed by atoms with van der Waals surface area (Å²) in [5.74, 6) is 0.772. The molecule has 0 radical (unpaired) electrons. The van der Waals surface area contributed by atoms with Crippen LogP contribution in [-0.2, 0) is 19.5 Å². The molecule has 2 aliphatic heterocycles. The van der Waals surface area contributed by atoms with E-state index in [9.17, 15) is 0 Å². The number of hydrogen-bond acceptors (Lipinski definition) is 2. The minimum absolute atomic E-state index is 0.684. The number of halogens is 1. The number of fused-ring (bicyclic) bond motifs is 1. The van der Waals surface area contributed by atoms with E-state index in [2.05, 4.69) is 81.2 Å². The van der Waals surface area contributed by atoms with E-state index < -0.39 is 0 Å². The molecule has 2 aliphatic rings. The quantitative estimate of drug-likeness (QED) is 0.737. The monoisotopic (exact) mass is 398 g/mol. The number of likely N-dealkylation sites (tertiary alicyclic amines) is 1. The van der Waals surface area contributed by atoms with Crippen molar-refractivity contribution >= 4 is 15.9 Å². The largest absolute Gasteiger partial charge is 0.297 e. The molecule has 1 fully saturated rings. The van der Waals surface area contributed by atoms with Gasteiger partial charge in [0.05, 0.1) is 0 Å². The van der Waals surface area contributed by atoms with Crippen molar-refractivity contribution in [3.63, 3.8) is 0 Å². The molecule has 0 spiro atoms. The lowest BCUT2D eigenvalue weighted by molar-refractivity contribution is 0.0589. The van der Waals surface area contributed by atoms with Crippen LogP contribution in [0.4, 0.5) is 0 Å². The average Bonchev–Trinajstić information content (AvgIpc) is 2.61. The van der Waals surface area contributed by atoms with Gasteiger partial charge in [-0.3, -0.25) is 9.80 Å². The fraction of sp³-hybridized carbons (Fsp3) is 0.455. The molecule has 2 aromatic rings. The van der Waals surface area contributed by atoms with E-state index in [0.29, 0.717) is 6.04 Å². The zero-order valence-electron chi connectivity index (χ0n) is 15.0. The smallest absolute Gasteiger partial charge is 0.0240 e. The Morgan fingerprint density at radius 3 is 2.72 bits per heavy atom. The molecule has 0 unspecified atom stereocenters. The summed E-state index contributed by atoms with van der Waals surface area (Å²) >= 11 is 3.61. The summed E-state index contributed by atoms with van der Waals surface area (Å²) in [6.45, 7) is 8.23. The zero-order chi connectivity index (χ0) is 17.2. The summed E-state index contributed by atoms with van der Waals surface area (Å²) in [6, 6.07) is 18.4. The Kier molecular flexibility index (Phi) is 5.25. The van der Waals surface area contributed by atoms with Crippen molar-refractivity contribution in [1.29, 1.82) is 0 Å². The van der Waals surface area contributed by atoms with E-state index in [-0.39, 0.29) is 0 Å². The van der Waals surface area contributed by atoms with E-state index in [0.717, 1.165) is 19.0 Å². The van der Waals surface area contributed by atoms with Crippen molar-refractivity contribution < 1.29 is 0 Å². The van der Waals surface area contributed by atoms with Gasteiger partial charge in [0.15, 0.2) is 0 Å².